The van der Waals surface area contributed by atoms with Crippen LogP contribution in [0.3, 0.4) is 0 Å². The zero-order valence-corrected chi connectivity index (χ0v) is 7.84. The summed E-state index contributed by atoms with van der Waals surface area (Å²) in [6, 6.07) is 3.46. The van der Waals surface area contributed by atoms with Gasteiger partial charge in [0.1, 0.15) is 0 Å². The second kappa shape index (κ2) is 5.02. The molecule has 2 nitrogen and oxygen atoms in total. The third kappa shape index (κ3) is 2.75. The van der Waals surface area contributed by atoms with Crippen LogP contribution >= 0.6 is 0 Å². The number of hydrogen-bond donors (Lipinski definition) is 2. The average molecular weight is 200 g/mol. The molecule has 0 amide bonds. The Balaban J connectivity index is 2.70. The predicted molar refractivity (Wildman–Crippen MR) is 51.6 cm³/mol. The minimum absolute atomic E-state index is 0.270. The van der Waals surface area contributed by atoms with Gasteiger partial charge in [0, 0.05) is 6.04 Å². The van der Waals surface area contributed by atoms with Crippen LogP contribution in [-0.4, -0.2) is 6.54 Å². The van der Waals surface area contributed by atoms with Gasteiger partial charge in [0.15, 0.2) is 11.6 Å². The van der Waals surface area contributed by atoms with E-state index in [1.807, 2.05) is 0 Å². The van der Waals surface area contributed by atoms with Crippen LogP contribution in [0, 0.1) is 11.6 Å². The van der Waals surface area contributed by atoms with Gasteiger partial charge < -0.3 is 11.5 Å². The molecule has 4 heteroatoms. The lowest BCUT2D eigenvalue weighted by Gasteiger charge is -2.11. The molecular weight excluding hydrogens is 186 g/mol. The maximum absolute atomic E-state index is 12.8. The monoisotopic (exact) mass is 200 g/mol. The second-order valence-electron chi connectivity index (χ2n) is 3.21. The predicted octanol–water partition coefficient (Wildman–Crippen LogP) is 1.70. The van der Waals surface area contributed by atoms with Crippen LogP contribution in [0.2, 0.25) is 0 Å². The third-order valence-electron chi connectivity index (χ3n) is 2.09. The highest BCUT2D eigenvalue weighted by atomic mass is 19.2. The molecular formula is C10H14F2N2. The molecule has 4 N–H and O–H groups in total. The van der Waals surface area contributed by atoms with Gasteiger partial charge in [-0.2, -0.15) is 0 Å². The minimum Gasteiger partial charge on any atom is -0.330 e. The van der Waals surface area contributed by atoms with E-state index in [0.29, 0.717) is 18.5 Å². The molecule has 0 aliphatic carbocycles. The smallest absolute Gasteiger partial charge is 0.159 e. The van der Waals surface area contributed by atoms with E-state index in [1.54, 1.807) is 0 Å². The molecule has 0 aliphatic heterocycles. The Bertz CT molecular complexity index is 302. The molecule has 0 spiro atoms. The fourth-order valence-corrected chi connectivity index (χ4v) is 1.25. The molecule has 0 saturated heterocycles. The van der Waals surface area contributed by atoms with Crippen molar-refractivity contribution in [3.63, 3.8) is 0 Å². The number of halogens is 2. The largest absolute Gasteiger partial charge is 0.330 e. The summed E-state index contributed by atoms with van der Waals surface area (Å²) < 4.78 is 25.4. The first-order chi connectivity index (χ1) is 6.65. The van der Waals surface area contributed by atoms with Gasteiger partial charge in [-0.15, -0.1) is 0 Å². The summed E-state index contributed by atoms with van der Waals surface area (Å²) in [6.45, 7) is 0.553. The van der Waals surface area contributed by atoms with Crippen molar-refractivity contribution in [2.24, 2.45) is 11.5 Å². The number of nitrogens with two attached hydrogens (primary N) is 2. The summed E-state index contributed by atoms with van der Waals surface area (Å²) in [5.41, 5.74) is 11.7. The fourth-order valence-electron chi connectivity index (χ4n) is 1.25. The van der Waals surface area contributed by atoms with Crippen molar-refractivity contribution in [1.29, 1.82) is 0 Å². The van der Waals surface area contributed by atoms with Gasteiger partial charge in [0.2, 0.25) is 0 Å². The van der Waals surface area contributed by atoms with Gasteiger partial charge in [0.25, 0.3) is 0 Å². The maximum Gasteiger partial charge on any atom is 0.159 e. The van der Waals surface area contributed by atoms with Gasteiger partial charge in [-0.1, -0.05) is 6.07 Å². The Morgan fingerprint density at radius 2 is 1.93 bits per heavy atom. The molecule has 78 valence electrons. The van der Waals surface area contributed by atoms with Crippen LogP contribution in [0.5, 0.6) is 0 Å². The van der Waals surface area contributed by atoms with Crippen molar-refractivity contribution < 1.29 is 8.78 Å². The summed E-state index contributed by atoms with van der Waals surface area (Å²) in [7, 11) is 0. The molecule has 1 rings (SSSR count). The highest BCUT2D eigenvalue weighted by molar-refractivity contribution is 5.20. The first-order valence-corrected chi connectivity index (χ1v) is 4.55. The SMILES string of the molecule is NCCC[C@@H](N)c1ccc(F)c(F)c1. The third-order valence-corrected chi connectivity index (χ3v) is 2.09. The molecule has 0 radical (unpaired) electrons. The van der Waals surface area contributed by atoms with Crippen LogP contribution in [0.25, 0.3) is 0 Å². The second-order valence-corrected chi connectivity index (χ2v) is 3.21. The number of benzene rings is 1. The van der Waals surface area contributed by atoms with Crippen molar-refractivity contribution in [2.45, 2.75) is 18.9 Å². The van der Waals surface area contributed by atoms with Gasteiger partial charge in [-0.25, -0.2) is 8.78 Å². The van der Waals surface area contributed by atoms with E-state index in [9.17, 15) is 8.78 Å². The zero-order chi connectivity index (χ0) is 10.6. The first kappa shape index (κ1) is 11.1. The van der Waals surface area contributed by atoms with Crippen LogP contribution in [-0.2, 0) is 0 Å². The lowest BCUT2D eigenvalue weighted by atomic mass is 10.0. The van der Waals surface area contributed by atoms with Crippen molar-refractivity contribution in [2.75, 3.05) is 6.54 Å². The summed E-state index contributed by atoms with van der Waals surface area (Å²) in [4.78, 5) is 0. The van der Waals surface area contributed by atoms with E-state index in [0.717, 1.165) is 18.6 Å². The molecule has 0 saturated carbocycles. The molecule has 0 heterocycles. The van der Waals surface area contributed by atoms with Crippen LogP contribution < -0.4 is 11.5 Å². The van der Waals surface area contributed by atoms with Gasteiger partial charge in [-0.05, 0) is 37.1 Å². The highest BCUT2D eigenvalue weighted by Gasteiger charge is 2.08. The Morgan fingerprint density at radius 1 is 1.21 bits per heavy atom. The zero-order valence-electron chi connectivity index (χ0n) is 7.84. The van der Waals surface area contributed by atoms with E-state index in [2.05, 4.69) is 0 Å². The van der Waals surface area contributed by atoms with Gasteiger partial charge in [0.05, 0.1) is 0 Å². The Labute approximate surface area is 81.9 Å². The quantitative estimate of drug-likeness (QED) is 0.777. The van der Waals surface area contributed by atoms with Crippen molar-refractivity contribution in [3.05, 3.63) is 35.4 Å². The normalized spacial score (nSPS) is 12.9. The molecule has 0 aromatic heterocycles. The molecule has 0 unspecified atom stereocenters. The Hall–Kier alpha value is -1.00. The van der Waals surface area contributed by atoms with E-state index >= 15 is 0 Å². The maximum atomic E-state index is 12.8. The van der Waals surface area contributed by atoms with E-state index in [1.165, 1.54) is 6.07 Å². The molecule has 14 heavy (non-hydrogen) atoms. The molecule has 1 atom stereocenters. The molecule has 1 aromatic rings. The first-order valence-electron chi connectivity index (χ1n) is 4.55. The topological polar surface area (TPSA) is 52.0 Å². The van der Waals surface area contributed by atoms with E-state index in [4.69, 9.17) is 11.5 Å². The summed E-state index contributed by atoms with van der Waals surface area (Å²) in [5.74, 6) is -1.70. The van der Waals surface area contributed by atoms with E-state index in [-0.39, 0.29) is 6.04 Å². The Morgan fingerprint density at radius 3 is 2.50 bits per heavy atom. The van der Waals surface area contributed by atoms with Crippen molar-refractivity contribution in [1.82, 2.24) is 0 Å². The average Bonchev–Trinajstić information content (AvgIpc) is 2.18. The van der Waals surface area contributed by atoms with Gasteiger partial charge >= 0.3 is 0 Å². The lowest BCUT2D eigenvalue weighted by Crippen LogP contribution is -2.12. The van der Waals surface area contributed by atoms with Crippen LogP contribution in [0.15, 0.2) is 18.2 Å². The highest BCUT2D eigenvalue weighted by Crippen LogP contribution is 2.17. The minimum atomic E-state index is -0.856. The summed E-state index contributed by atoms with van der Waals surface area (Å²) in [6.07, 6.45) is 1.46. The molecule has 1 aromatic carbocycles. The van der Waals surface area contributed by atoms with E-state index < -0.39 is 11.6 Å². The summed E-state index contributed by atoms with van der Waals surface area (Å²) in [5, 5.41) is 0. The van der Waals surface area contributed by atoms with Crippen LogP contribution in [0.1, 0.15) is 24.4 Å². The van der Waals surface area contributed by atoms with Crippen molar-refractivity contribution in [3.8, 4) is 0 Å². The number of hydrogen-bond acceptors (Lipinski definition) is 2. The Kier molecular flexibility index (Phi) is 3.98. The molecule has 0 fully saturated rings. The lowest BCUT2D eigenvalue weighted by molar-refractivity contribution is 0.503. The molecule has 0 aliphatic rings. The molecule has 0 bridgehead atoms. The number of rotatable bonds is 4. The van der Waals surface area contributed by atoms with Crippen molar-refractivity contribution >= 4 is 0 Å². The fraction of sp³-hybridized carbons (Fsp3) is 0.400. The van der Waals surface area contributed by atoms with Crippen LogP contribution in [0.4, 0.5) is 8.78 Å². The van der Waals surface area contributed by atoms with Gasteiger partial charge in [-0.3, -0.25) is 0 Å². The standard InChI is InChI=1S/C10H14F2N2/c11-8-4-3-7(6-9(8)12)10(14)2-1-5-13/h3-4,6,10H,1-2,5,13-14H2/t10-/m1/s1. The summed E-state index contributed by atoms with van der Waals surface area (Å²) >= 11 is 0.